The van der Waals surface area contributed by atoms with E-state index in [2.05, 4.69) is 10.6 Å². The van der Waals surface area contributed by atoms with Crippen molar-refractivity contribution in [3.8, 4) is 0 Å². The molecular formula is C21H26F4N2O2. The lowest BCUT2D eigenvalue weighted by molar-refractivity contribution is -0.136. The Balaban J connectivity index is 1.73. The first-order valence-electron chi connectivity index (χ1n) is 9.99. The maximum Gasteiger partial charge on any atom is 0.248 e. The highest BCUT2D eigenvalue weighted by molar-refractivity contribution is 5.94. The van der Waals surface area contributed by atoms with Gasteiger partial charge in [0, 0.05) is 49.9 Å². The van der Waals surface area contributed by atoms with Gasteiger partial charge in [-0.25, -0.2) is 17.6 Å². The molecule has 0 aromatic heterocycles. The van der Waals surface area contributed by atoms with Crippen LogP contribution in [0.5, 0.6) is 0 Å². The summed E-state index contributed by atoms with van der Waals surface area (Å²) in [6.07, 6.45) is -0.715. The molecule has 0 radical (unpaired) electrons. The Bertz CT molecular complexity index is 759. The SMILES string of the molecule is CC(=O)Nc1cccc(NC(=O)[C@@H]2CC(F)(F)CCC2C2CCC(F)(F)CC2)c1. The van der Waals surface area contributed by atoms with Gasteiger partial charge in [0.15, 0.2) is 0 Å². The van der Waals surface area contributed by atoms with Crippen molar-refractivity contribution in [2.75, 3.05) is 10.6 Å². The average Bonchev–Trinajstić information content (AvgIpc) is 2.61. The first-order chi connectivity index (χ1) is 13.5. The summed E-state index contributed by atoms with van der Waals surface area (Å²) >= 11 is 0. The van der Waals surface area contributed by atoms with Gasteiger partial charge in [-0.1, -0.05) is 6.07 Å². The molecule has 2 saturated carbocycles. The summed E-state index contributed by atoms with van der Waals surface area (Å²) < 4.78 is 55.2. The third-order valence-electron chi connectivity index (χ3n) is 6.03. The number of anilines is 2. The van der Waals surface area contributed by atoms with Crippen LogP contribution in [0.4, 0.5) is 28.9 Å². The van der Waals surface area contributed by atoms with Crippen LogP contribution in [0.15, 0.2) is 24.3 Å². The second-order valence-electron chi connectivity index (χ2n) is 8.31. The van der Waals surface area contributed by atoms with Crippen molar-refractivity contribution in [2.24, 2.45) is 17.8 Å². The molecule has 0 heterocycles. The lowest BCUT2D eigenvalue weighted by Crippen LogP contribution is -2.43. The zero-order chi connectivity index (χ0) is 21.2. The fourth-order valence-electron chi connectivity index (χ4n) is 4.61. The maximum atomic E-state index is 14.1. The van der Waals surface area contributed by atoms with Gasteiger partial charge in [-0.2, -0.15) is 0 Å². The Kier molecular flexibility index (Phi) is 6.19. The zero-order valence-electron chi connectivity index (χ0n) is 16.3. The molecule has 0 saturated heterocycles. The van der Waals surface area contributed by atoms with E-state index >= 15 is 0 Å². The number of hydrogen-bond acceptors (Lipinski definition) is 2. The van der Waals surface area contributed by atoms with Crippen LogP contribution in [-0.4, -0.2) is 23.7 Å². The monoisotopic (exact) mass is 414 g/mol. The molecule has 2 amide bonds. The van der Waals surface area contributed by atoms with E-state index in [1.54, 1.807) is 24.3 Å². The number of benzene rings is 1. The van der Waals surface area contributed by atoms with Gasteiger partial charge < -0.3 is 10.6 Å². The Morgan fingerprint density at radius 1 is 0.931 bits per heavy atom. The highest BCUT2D eigenvalue weighted by Gasteiger charge is 2.48. The number of rotatable bonds is 4. The molecule has 0 spiro atoms. The van der Waals surface area contributed by atoms with Gasteiger partial charge in [0.1, 0.15) is 0 Å². The third-order valence-corrected chi connectivity index (χ3v) is 6.03. The highest BCUT2D eigenvalue weighted by atomic mass is 19.3. The predicted octanol–water partition coefficient (Wildman–Crippen LogP) is 5.46. The van der Waals surface area contributed by atoms with E-state index in [0.717, 1.165) is 0 Å². The van der Waals surface area contributed by atoms with Gasteiger partial charge in [0.05, 0.1) is 0 Å². The van der Waals surface area contributed by atoms with Crippen molar-refractivity contribution in [1.29, 1.82) is 0 Å². The molecule has 0 aliphatic heterocycles. The van der Waals surface area contributed by atoms with Gasteiger partial charge in [-0.05, 0) is 49.3 Å². The lowest BCUT2D eigenvalue weighted by atomic mass is 9.66. The summed E-state index contributed by atoms with van der Waals surface area (Å²) in [6.45, 7) is 1.35. The minimum atomic E-state index is -2.94. The van der Waals surface area contributed by atoms with Crippen molar-refractivity contribution in [2.45, 2.75) is 63.7 Å². The van der Waals surface area contributed by atoms with Crippen molar-refractivity contribution >= 4 is 23.2 Å². The Hall–Kier alpha value is -2.12. The number of carbonyl (C=O) groups is 2. The van der Waals surface area contributed by atoms with Crippen LogP contribution in [0.1, 0.15) is 51.9 Å². The van der Waals surface area contributed by atoms with Crippen molar-refractivity contribution in [3.63, 3.8) is 0 Å². The predicted molar refractivity (Wildman–Crippen MR) is 102 cm³/mol. The first-order valence-corrected chi connectivity index (χ1v) is 9.99. The van der Waals surface area contributed by atoms with E-state index in [0.29, 0.717) is 11.4 Å². The van der Waals surface area contributed by atoms with Gasteiger partial charge in [0.25, 0.3) is 0 Å². The number of alkyl halides is 4. The van der Waals surface area contributed by atoms with Crippen molar-refractivity contribution in [3.05, 3.63) is 24.3 Å². The van der Waals surface area contributed by atoms with E-state index in [1.165, 1.54) is 6.92 Å². The summed E-state index contributed by atoms with van der Waals surface area (Å²) in [7, 11) is 0. The Morgan fingerprint density at radius 2 is 1.52 bits per heavy atom. The van der Waals surface area contributed by atoms with Crippen LogP contribution in [0.3, 0.4) is 0 Å². The quantitative estimate of drug-likeness (QED) is 0.643. The van der Waals surface area contributed by atoms with Crippen molar-refractivity contribution in [1.82, 2.24) is 0 Å². The molecule has 29 heavy (non-hydrogen) atoms. The van der Waals surface area contributed by atoms with Gasteiger partial charge in [-0.15, -0.1) is 0 Å². The molecule has 2 aliphatic rings. The van der Waals surface area contributed by atoms with Crippen LogP contribution >= 0.6 is 0 Å². The molecular weight excluding hydrogens is 388 g/mol. The van der Waals surface area contributed by atoms with Crippen LogP contribution in [0, 0.1) is 17.8 Å². The number of carbonyl (C=O) groups excluding carboxylic acids is 2. The molecule has 0 bridgehead atoms. The minimum absolute atomic E-state index is 0.146. The number of halogens is 4. The third kappa shape index (κ3) is 5.70. The molecule has 2 atom stereocenters. The van der Waals surface area contributed by atoms with Gasteiger partial charge >= 0.3 is 0 Å². The Labute approximate surface area is 167 Å². The summed E-state index contributed by atoms with van der Waals surface area (Å²) in [4.78, 5) is 24.1. The van der Waals surface area contributed by atoms with E-state index in [1.807, 2.05) is 0 Å². The van der Waals surface area contributed by atoms with Crippen LogP contribution in [0.2, 0.25) is 0 Å². The summed E-state index contributed by atoms with van der Waals surface area (Å²) in [5.41, 5.74) is 0.874. The lowest BCUT2D eigenvalue weighted by Gasteiger charge is -2.42. The molecule has 1 unspecified atom stereocenters. The normalized spacial score (nSPS) is 26.5. The molecule has 4 nitrogen and oxygen atoms in total. The molecule has 3 rings (SSSR count). The van der Waals surface area contributed by atoms with Gasteiger partial charge in [0.2, 0.25) is 23.7 Å². The summed E-state index contributed by atoms with van der Waals surface area (Å²) in [5.74, 6) is -7.83. The highest BCUT2D eigenvalue weighted by Crippen LogP contribution is 2.49. The standard InChI is InChI=1S/C21H26F4N2O2/c1-13(28)26-15-3-2-4-16(11-15)27-19(29)18-12-21(24,25)10-7-17(18)14-5-8-20(22,23)9-6-14/h2-4,11,14,17-18H,5-10,12H2,1H3,(H,26,28)(H,27,29)/t17?,18-/m1/s1. The fraction of sp³-hybridized carbons (Fsp3) is 0.619. The zero-order valence-corrected chi connectivity index (χ0v) is 16.3. The van der Waals surface area contributed by atoms with Crippen LogP contribution in [-0.2, 0) is 9.59 Å². The van der Waals surface area contributed by atoms with Crippen LogP contribution in [0.25, 0.3) is 0 Å². The molecule has 2 N–H and O–H groups in total. The van der Waals surface area contributed by atoms with Crippen LogP contribution < -0.4 is 10.6 Å². The molecule has 2 aliphatic carbocycles. The average molecular weight is 414 g/mol. The van der Waals surface area contributed by atoms with E-state index in [-0.39, 0.29) is 56.3 Å². The Morgan fingerprint density at radius 3 is 2.14 bits per heavy atom. The molecule has 1 aromatic rings. The van der Waals surface area contributed by atoms with E-state index in [4.69, 9.17) is 0 Å². The first kappa shape index (κ1) is 21.6. The van der Waals surface area contributed by atoms with Gasteiger partial charge in [-0.3, -0.25) is 9.59 Å². The molecule has 160 valence electrons. The fourth-order valence-corrected chi connectivity index (χ4v) is 4.61. The summed E-state index contributed by atoms with van der Waals surface area (Å²) in [5, 5.41) is 5.27. The molecule has 1 aromatic carbocycles. The number of nitrogens with one attached hydrogen (secondary N) is 2. The maximum absolute atomic E-state index is 14.1. The number of hydrogen-bond donors (Lipinski definition) is 2. The minimum Gasteiger partial charge on any atom is -0.326 e. The molecule has 2 fully saturated rings. The largest absolute Gasteiger partial charge is 0.326 e. The second kappa shape index (κ2) is 8.32. The number of amides is 2. The topological polar surface area (TPSA) is 58.2 Å². The van der Waals surface area contributed by atoms with E-state index < -0.39 is 30.1 Å². The van der Waals surface area contributed by atoms with E-state index in [9.17, 15) is 27.2 Å². The second-order valence-corrected chi connectivity index (χ2v) is 8.31. The molecule has 8 heteroatoms. The van der Waals surface area contributed by atoms with Crippen molar-refractivity contribution < 1.29 is 27.2 Å². The summed E-state index contributed by atoms with van der Waals surface area (Å²) in [6, 6.07) is 6.45. The smallest absolute Gasteiger partial charge is 0.248 e.